The molecule has 4 aromatic rings. The van der Waals surface area contributed by atoms with Crippen LogP contribution in [0.2, 0.25) is 0 Å². The van der Waals surface area contributed by atoms with Gasteiger partial charge in [-0.1, -0.05) is 0 Å². The molecule has 5 rings (SSSR count). The number of methoxy groups -OCH3 is 1. The van der Waals surface area contributed by atoms with Crippen molar-refractivity contribution in [2.24, 2.45) is 0 Å². The van der Waals surface area contributed by atoms with Gasteiger partial charge in [0.15, 0.2) is 11.6 Å². The summed E-state index contributed by atoms with van der Waals surface area (Å²) in [6.07, 6.45) is 2.53. The number of aromatic nitrogens is 6. The maximum absolute atomic E-state index is 13.8. The summed E-state index contributed by atoms with van der Waals surface area (Å²) in [4.78, 5) is 8.63. The Balaban J connectivity index is 1.48. The van der Waals surface area contributed by atoms with Crippen molar-refractivity contribution in [3.63, 3.8) is 0 Å². The van der Waals surface area contributed by atoms with Crippen LogP contribution >= 0.6 is 0 Å². The fourth-order valence-corrected chi connectivity index (χ4v) is 4.12. The molecule has 5 heterocycles. The highest BCUT2D eigenvalue weighted by molar-refractivity contribution is 5.73. The van der Waals surface area contributed by atoms with Crippen molar-refractivity contribution in [1.29, 1.82) is 0 Å². The zero-order chi connectivity index (χ0) is 23.8. The Morgan fingerprint density at radius 1 is 1.12 bits per heavy atom. The third-order valence-electron chi connectivity index (χ3n) is 5.59. The Kier molecular flexibility index (Phi) is 5.84. The lowest BCUT2D eigenvalue weighted by atomic mass is 10.1. The lowest BCUT2D eigenvalue weighted by Gasteiger charge is -2.19. The van der Waals surface area contributed by atoms with Crippen molar-refractivity contribution >= 4 is 17.2 Å². The van der Waals surface area contributed by atoms with E-state index < -0.39 is 6.55 Å². The van der Waals surface area contributed by atoms with E-state index in [1.807, 2.05) is 26.0 Å². The summed E-state index contributed by atoms with van der Waals surface area (Å²) in [5, 5.41) is 14.7. The van der Waals surface area contributed by atoms with Gasteiger partial charge in [0.1, 0.15) is 29.5 Å². The maximum atomic E-state index is 13.8. The monoisotopic (exact) mass is 470 g/mol. The summed E-state index contributed by atoms with van der Waals surface area (Å²) in [6, 6.07) is 7.09. The van der Waals surface area contributed by atoms with Crippen LogP contribution < -0.4 is 15.4 Å². The Morgan fingerprint density at radius 2 is 1.94 bits per heavy atom. The quantitative estimate of drug-likeness (QED) is 0.425. The number of fused-ring (bicyclic) bond motifs is 1. The fraction of sp³-hybridized carbons (Fsp3) is 0.364. The summed E-state index contributed by atoms with van der Waals surface area (Å²) < 4.78 is 41.4. The van der Waals surface area contributed by atoms with Gasteiger partial charge in [-0.25, -0.2) is 14.5 Å². The van der Waals surface area contributed by atoms with Gasteiger partial charge in [0.25, 0.3) is 0 Å². The molecule has 0 aliphatic carbocycles. The van der Waals surface area contributed by atoms with E-state index >= 15 is 0 Å². The van der Waals surface area contributed by atoms with E-state index in [0.717, 1.165) is 5.69 Å². The molecule has 4 aromatic heterocycles. The summed E-state index contributed by atoms with van der Waals surface area (Å²) in [7, 11) is 1.60. The van der Waals surface area contributed by atoms with E-state index in [1.165, 1.54) is 6.20 Å². The number of alkyl halides is 2. The van der Waals surface area contributed by atoms with Gasteiger partial charge in [0.05, 0.1) is 11.7 Å². The van der Waals surface area contributed by atoms with Crippen molar-refractivity contribution in [2.75, 3.05) is 25.5 Å². The summed E-state index contributed by atoms with van der Waals surface area (Å²) in [5.41, 5.74) is 2.26. The Morgan fingerprint density at radius 3 is 2.71 bits per heavy atom. The molecule has 178 valence electrons. The predicted octanol–water partition coefficient (Wildman–Crippen LogP) is 3.11. The molecule has 1 fully saturated rings. The second-order valence-electron chi connectivity index (χ2n) is 8.05. The Hall–Kier alpha value is -3.64. The average Bonchev–Trinajstić information content (AvgIpc) is 3.50. The third kappa shape index (κ3) is 4.29. The standard InChI is InChI=1S/C22H24F2N8O2/c1-12-6-19(28-13(2)27-12)29-20-8-15-7-14(4-5-31(15)30-20)21-18(11-26-32(21)22(23)24)34-17-10-25-9-16(17)33-3/h4-8,11,16-17,22,25H,9-10H2,1-3H3,(H,27,28,29,30)/t16-,17+/m0/s1. The first kappa shape index (κ1) is 22.2. The van der Waals surface area contributed by atoms with Gasteiger partial charge in [-0.3, -0.25) is 0 Å². The molecule has 34 heavy (non-hydrogen) atoms. The van der Waals surface area contributed by atoms with Crippen molar-refractivity contribution in [3.8, 4) is 17.0 Å². The highest BCUT2D eigenvalue weighted by Crippen LogP contribution is 2.35. The van der Waals surface area contributed by atoms with E-state index in [2.05, 4.69) is 30.8 Å². The van der Waals surface area contributed by atoms with Crippen LogP contribution in [0.3, 0.4) is 0 Å². The normalized spacial score (nSPS) is 18.2. The first-order chi connectivity index (χ1) is 16.4. The van der Waals surface area contributed by atoms with Gasteiger partial charge >= 0.3 is 6.55 Å². The zero-order valence-electron chi connectivity index (χ0n) is 18.9. The van der Waals surface area contributed by atoms with Crippen molar-refractivity contribution < 1.29 is 18.3 Å². The highest BCUT2D eigenvalue weighted by Gasteiger charge is 2.31. The molecule has 12 heteroatoms. The minimum absolute atomic E-state index is 0.178. The number of aryl methyl sites for hydroxylation is 2. The number of rotatable bonds is 7. The second-order valence-corrected chi connectivity index (χ2v) is 8.05. The van der Waals surface area contributed by atoms with Crippen LogP contribution in [0, 0.1) is 13.8 Å². The number of hydrogen-bond donors (Lipinski definition) is 2. The molecule has 0 spiro atoms. The van der Waals surface area contributed by atoms with Crippen LogP contribution in [0.25, 0.3) is 16.8 Å². The van der Waals surface area contributed by atoms with Crippen LogP contribution in [0.5, 0.6) is 5.75 Å². The lowest BCUT2D eigenvalue weighted by Crippen LogP contribution is -2.31. The molecule has 0 amide bonds. The third-order valence-corrected chi connectivity index (χ3v) is 5.59. The Labute approximate surface area is 193 Å². The van der Waals surface area contributed by atoms with E-state index in [0.29, 0.717) is 46.3 Å². The molecule has 1 saturated heterocycles. The van der Waals surface area contributed by atoms with Crippen molar-refractivity contribution in [2.45, 2.75) is 32.6 Å². The molecule has 0 saturated carbocycles. The van der Waals surface area contributed by atoms with Crippen LogP contribution in [-0.2, 0) is 4.74 Å². The number of ether oxygens (including phenoxy) is 2. The van der Waals surface area contributed by atoms with Crippen molar-refractivity contribution in [1.82, 2.24) is 34.7 Å². The smallest absolute Gasteiger partial charge is 0.333 e. The van der Waals surface area contributed by atoms with E-state index in [4.69, 9.17) is 9.47 Å². The number of nitrogens with zero attached hydrogens (tertiary/aromatic N) is 6. The molecule has 0 radical (unpaired) electrons. The van der Waals surface area contributed by atoms with Gasteiger partial charge in [-0.2, -0.15) is 23.7 Å². The summed E-state index contributed by atoms with van der Waals surface area (Å²) in [6.45, 7) is 2.06. The van der Waals surface area contributed by atoms with Gasteiger partial charge in [0.2, 0.25) is 0 Å². The first-order valence-corrected chi connectivity index (χ1v) is 10.8. The Bertz CT molecular complexity index is 1300. The van der Waals surface area contributed by atoms with Crippen LogP contribution in [0.4, 0.5) is 20.4 Å². The van der Waals surface area contributed by atoms with E-state index in [1.54, 1.807) is 30.0 Å². The van der Waals surface area contributed by atoms with Gasteiger partial charge in [-0.15, -0.1) is 0 Å². The number of nitrogens with one attached hydrogen (secondary N) is 2. The first-order valence-electron chi connectivity index (χ1n) is 10.8. The van der Waals surface area contributed by atoms with Gasteiger partial charge in [-0.05, 0) is 26.0 Å². The molecule has 10 nitrogen and oxygen atoms in total. The minimum Gasteiger partial charge on any atom is -0.482 e. The SMILES string of the molecule is CO[C@H]1CNC[C@H]1Oc1cnn(C(F)F)c1-c1ccn2nc(Nc3cc(C)nc(C)n3)cc2c1. The zero-order valence-corrected chi connectivity index (χ0v) is 18.9. The van der Waals surface area contributed by atoms with Crippen LogP contribution in [-0.4, -0.2) is 61.8 Å². The molecule has 2 atom stereocenters. The molecule has 1 aliphatic heterocycles. The van der Waals surface area contributed by atoms with Crippen molar-refractivity contribution in [3.05, 3.63) is 48.2 Å². The summed E-state index contributed by atoms with van der Waals surface area (Å²) in [5.74, 6) is 2.10. The average molecular weight is 470 g/mol. The van der Waals surface area contributed by atoms with Gasteiger partial charge < -0.3 is 20.1 Å². The fourth-order valence-electron chi connectivity index (χ4n) is 4.12. The number of halogens is 2. The van der Waals surface area contributed by atoms with Crippen LogP contribution in [0.15, 0.2) is 36.7 Å². The number of pyridine rings is 1. The minimum atomic E-state index is -2.82. The molecule has 0 bridgehead atoms. The summed E-state index contributed by atoms with van der Waals surface area (Å²) >= 11 is 0. The molecule has 1 aliphatic rings. The lowest BCUT2D eigenvalue weighted by molar-refractivity contribution is 0.0341. The molecule has 0 aromatic carbocycles. The second kappa shape index (κ2) is 8.95. The highest BCUT2D eigenvalue weighted by atomic mass is 19.3. The molecule has 0 unspecified atom stereocenters. The molecule has 2 N–H and O–H groups in total. The number of hydrogen-bond acceptors (Lipinski definition) is 8. The molecular formula is C22H24F2N8O2. The number of anilines is 2. The van der Waals surface area contributed by atoms with Gasteiger partial charge in [0, 0.05) is 49.8 Å². The van der Waals surface area contributed by atoms with E-state index in [9.17, 15) is 8.78 Å². The van der Waals surface area contributed by atoms with E-state index in [-0.39, 0.29) is 23.7 Å². The van der Waals surface area contributed by atoms with Crippen LogP contribution in [0.1, 0.15) is 18.1 Å². The topological polar surface area (TPSA) is 103 Å². The maximum Gasteiger partial charge on any atom is 0.333 e. The largest absolute Gasteiger partial charge is 0.482 e. The predicted molar refractivity (Wildman–Crippen MR) is 121 cm³/mol. The molecular weight excluding hydrogens is 446 g/mol.